The number of hydrogen-bond acceptors (Lipinski definition) is 4. The highest BCUT2D eigenvalue weighted by molar-refractivity contribution is 4.90. The second kappa shape index (κ2) is 8.09. The van der Waals surface area contributed by atoms with Gasteiger partial charge in [-0.05, 0) is 84.8 Å². The van der Waals surface area contributed by atoms with Crippen molar-refractivity contribution in [2.75, 3.05) is 59.9 Å². The molecule has 2 atom stereocenters. The average Bonchev–Trinajstić information content (AvgIpc) is 2.56. The van der Waals surface area contributed by atoms with E-state index < -0.39 is 0 Å². The smallest absolute Gasteiger partial charge is 0.0261 e. The fourth-order valence-corrected chi connectivity index (χ4v) is 4.73. The van der Waals surface area contributed by atoms with Crippen LogP contribution in [-0.2, 0) is 0 Å². The van der Waals surface area contributed by atoms with E-state index in [-0.39, 0.29) is 0 Å². The van der Waals surface area contributed by atoms with Crippen LogP contribution in [0, 0.1) is 5.92 Å². The number of nitrogens with zero attached hydrogens (tertiary/aromatic N) is 3. The molecule has 0 spiro atoms. The lowest BCUT2D eigenvalue weighted by Gasteiger charge is -2.46. The predicted octanol–water partition coefficient (Wildman–Crippen LogP) is 1.48. The Morgan fingerprint density at radius 3 is 2.45 bits per heavy atom. The fraction of sp³-hybridized carbons (Fsp3) is 1.00. The van der Waals surface area contributed by atoms with Crippen molar-refractivity contribution in [3.63, 3.8) is 0 Å². The molecule has 1 N–H and O–H groups in total. The van der Waals surface area contributed by atoms with E-state index in [9.17, 15) is 0 Å². The lowest BCUT2D eigenvalue weighted by atomic mass is 9.88. The third-order valence-electron chi connectivity index (χ3n) is 6.32. The molecule has 0 aromatic rings. The van der Waals surface area contributed by atoms with Crippen LogP contribution >= 0.6 is 0 Å². The van der Waals surface area contributed by atoms with Crippen LogP contribution in [0.1, 0.15) is 38.5 Å². The Hall–Kier alpha value is -0.160. The zero-order valence-electron chi connectivity index (χ0n) is 14.8. The van der Waals surface area contributed by atoms with Gasteiger partial charge in [-0.2, -0.15) is 0 Å². The lowest BCUT2D eigenvalue weighted by Crippen LogP contribution is -2.57. The van der Waals surface area contributed by atoms with Gasteiger partial charge in [0.05, 0.1) is 0 Å². The van der Waals surface area contributed by atoms with Crippen molar-refractivity contribution >= 4 is 0 Å². The molecule has 3 heterocycles. The molecule has 3 saturated heterocycles. The van der Waals surface area contributed by atoms with Gasteiger partial charge in [-0.1, -0.05) is 6.42 Å². The van der Waals surface area contributed by atoms with Gasteiger partial charge in [-0.15, -0.1) is 0 Å². The first kappa shape index (κ1) is 16.7. The summed E-state index contributed by atoms with van der Waals surface area (Å²) < 4.78 is 0. The zero-order valence-corrected chi connectivity index (χ0v) is 14.8. The van der Waals surface area contributed by atoms with Crippen molar-refractivity contribution in [2.45, 2.75) is 50.6 Å². The summed E-state index contributed by atoms with van der Waals surface area (Å²) in [6, 6.07) is 1.54. The number of rotatable bonds is 4. The maximum absolute atomic E-state index is 3.66. The second-order valence-corrected chi connectivity index (χ2v) is 7.88. The molecule has 0 radical (unpaired) electrons. The third kappa shape index (κ3) is 4.22. The molecule has 4 nitrogen and oxygen atoms in total. The first-order valence-electron chi connectivity index (χ1n) is 9.57. The molecule has 128 valence electrons. The van der Waals surface area contributed by atoms with E-state index in [4.69, 9.17) is 0 Å². The van der Waals surface area contributed by atoms with E-state index in [1.165, 1.54) is 84.3 Å². The lowest BCUT2D eigenvalue weighted by molar-refractivity contribution is 0.0464. The largest absolute Gasteiger partial charge is 0.315 e. The molecular weight excluding hydrogens is 272 g/mol. The predicted molar refractivity (Wildman–Crippen MR) is 93.3 cm³/mol. The van der Waals surface area contributed by atoms with Crippen LogP contribution in [0.15, 0.2) is 0 Å². The van der Waals surface area contributed by atoms with E-state index in [1.807, 2.05) is 0 Å². The molecule has 2 unspecified atom stereocenters. The summed E-state index contributed by atoms with van der Waals surface area (Å²) in [5, 5.41) is 3.66. The van der Waals surface area contributed by atoms with Crippen LogP contribution in [0.5, 0.6) is 0 Å². The van der Waals surface area contributed by atoms with E-state index >= 15 is 0 Å². The fourth-order valence-electron chi connectivity index (χ4n) is 4.73. The molecule has 3 aliphatic heterocycles. The first-order chi connectivity index (χ1) is 10.7. The molecule has 0 saturated carbocycles. The molecule has 3 fully saturated rings. The van der Waals surface area contributed by atoms with Crippen LogP contribution < -0.4 is 5.32 Å². The molecule has 0 aliphatic carbocycles. The number of hydrogen-bond donors (Lipinski definition) is 1. The van der Waals surface area contributed by atoms with Gasteiger partial charge in [0.1, 0.15) is 0 Å². The minimum atomic E-state index is 0.740. The van der Waals surface area contributed by atoms with Crippen LogP contribution in [0.4, 0.5) is 0 Å². The zero-order chi connectivity index (χ0) is 15.4. The summed E-state index contributed by atoms with van der Waals surface area (Å²) in [6.07, 6.45) is 8.33. The van der Waals surface area contributed by atoms with E-state index in [2.05, 4.69) is 34.1 Å². The normalized spacial score (nSPS) is 33.4. The standard InChI is InChI=1S/C18H36N4/c1-20-12-7-17(8-13-20)21(2)18-14-19-9-6-16(18)15-22-10-4-3-5-11-22/h16-19H,3-15H2,1-2H3. The SMILES string of the molecule is CN1CCC(N(C)C2CNCCC2CN2CCCCC2)CC1. The minimum absolute atomic E-state index is 0.740. The van der Waals surface area contributed by atoms with Gasteiger partial charge in [0.2, 0.25) is 0 Å². The van der Waals surface area contributed by atoms with Gasteiger partial charge in [0, 0.05) is 25.2 Å². The number of likely N-dealkylation sites (N-methyl/N-ethyl adjacent to an activating group) is 1. The summed E-state index contributed by atoms with van der Waals surface area (Å²) in [5.41, 5.74) is 0. The minimum Gasteiger partial charge on any atom is -0.315 e. The molecule has 22 heavy (non-hydrogen) atoms. The number of piperidine rings is 3. The summed E-state index contributed by atoms with van der Waals surface area (Å²) >= 11 is 0. The second-order valence-electron chi connectivity index (χ2n) is 7.88. The summed E-state index contributed by atoms with van der Waals surface area (Å²) in [7, 11) is 4.66. The Bertz CT molecular complexity index is 321. The van der Waals surface area contributed by atoms with E-state index in [1.54, 1.807) is 0 Å². The van der Waals surface area contributed by atoms with Crippen molar-refractivity contribution in [1.82, 2.24) is 20.0 Å². The number of likely N-dealkylation sites (tertiary alicyclic amines) is 2. The molecule has 4 heteroatoms. The van der Waals surface area contributed by atoms with Gasteiger partial charge in [-0.25, -0.2) is 0 Å². The van der Waals surface area contributed by atoms with Crippen molar-refractivity contribution in [3.05, 3.63) is 0 Å². The molecule has 3 rings (SSSR count). The van der Waals surface area contributed by atoms with Crippen LogP contribution in [0.2, 0.25) is 0 Å². The molecular formula is C18H36N4. The highest BCUT2D eigenvalue weighted by Crippen LogP contribution is 2.25. The monoisotopic (exact) mass is 308 g/mol. The topological polar surface area (TPSA) is 21.8 Å². The van der Waals surface area contributed by atoms with Gasteiger partial charge >= 0.3 is 0 Å². The molecule has 0 amide bonds. The highest BCUT2D eigenvalue weighted by Gasteiger charge is 2.33. The Labute approximate surface area is 137 Å². The van der Waals surface area contributed by atoms with Crippen molar-refractivity contribution in [1.29, 1.82) is 0 Å². The summed E-state index contributed by atoms with van der Waals surface area (Å²) in [4.78, 5) is 7.97. The van der Waals surface area contributed by atoms with Crippen LogP contribution in [0.25, 0.3) is 0 Å². The highest BCUT2D eigenvalue weighted by atomic mass is 15.2. The Kier molecular flexibility index (Phi) is 6.14. The van der Waals surface area contributed by atoms with E-state index in [0.717, 1.165) is 18.0 Å². The Morgan fingerprint density at radius 1 is 1.00 bits per heavy atom. The van der Waals surface area contributed by atoms with Gasteiger partial charge in [-0.3, -0.25) is 4.90 Å². The Balaban J connectivity index is 1.56. The van der Waals surface area contributed by atoms with Gasteiger partial charge in [0.15, 0.2) is 0 Å². The van der Waals surface area contributed by atoms with Crippen molar-refractivity contribution < 1.29 is 0 Å². The van der Waals surface area contributed by atoms with Gasteiger partial charge < -0.3 is 15.1 Å². The molecule has 3 aliphatic rings. The summed E-state index contributed by atoms with van der Waals surface area (Å²) in [5.74, 6) is 0.865. The van der Waals surface area contributed by atoms with Crippen LogP contribution in [-0.4, -0.2) is 86.7 Å². The number of nitrogens with one attached hydrogen (secondary N) is 1. The first-order valence-corrected chi connectivity index (χ1v) is 9.57. The molecule has 0 aromatic carbocycles. The van der Waals surface area contributed by atoms with Crippen molar-refractivity contribution in [2.24, 2.45) is 5.92 Å². The molecule has 0 bridgehead atoms. The van der Waals surface area contributed by atoms with Crippen LogP contribution in [0.3, 0.4) is 0 Å². The quantitative estimate of drug-likeness (QED) is 0.849. The maximum atomic E-state index is 3.66. The van der Waals surface area contributed by atoms with E-state index in [0.29, 0.717) is 0 Å². The van der Waals surface area contributed by atoms with Crippen molar-refractivity contribution in [3.8, 4) is 0 Å². The van der Waals surface area contributed by atoms with Gasteiger partial charge in [0.25, 0.3) is 0 Å². The maximum Gasteiger partial charge on any atom is 0.0261 e. The third-order valence-corrected chi connectivity index (χ3v) is 6.32. The summed E-state index contributed by atoms with van der Waals surface area (Å²) in [6.45, 7) is 8.97. The Morgan fingerprint density at radius 2 is 1.73 bits per heavy atom. The molecule has 0 aromatic heterocycles. The average molecular weight is 309 g/mol.